The minimum atomic E-state index is -0.0615. The van der Waals surface area contributed by atoms with Crippen molar-refractivity contribution in [2.45, 2.75) is 36.0 Å². The van der Waals surface area contributed by atoms with E-state index in [0.29, 0.717) is 5.69 Å². The highest BCUT2D eigenvalue weighted by molar-refractivity contribution is 7.98. The molecule has 0 radical (unpaired) electrons. The lowest BCUT2D eigenvalue weighted by molar-refractivity contribution is 0.0926. The molecule has 5 rings (SSSR count). The van der Waals surface area contributed by atoms with E-state index in [1.165, 1.54) is 21.6 Å². The third kappa shape index (κ3) is 2.77. The summed E-state index contributed by atoms with van der Waals surface area (Å²) in [7, 11) is 1.93. The van der Waals surface area contributed by atoms with Crippen LogP contribution in [-0.2, 0) is 19.2 Å². The van der Waals surface area contributed by atoms with Crippen molar-refractivity contribution >= 4 is 17.7 Å². The number of aryl methyl sites for hydroxylation is 2. The predicted molar refractivity (Wildman–Crippen MR) is 108 cm³/mol. The summed E-state index contributed by atoms with van der Waals surface area (Å²) < 4.78 is 1.86. The third-order valence-corrected chi connectivity index (χ3v) is 6.65. The zero-order valence-electron chi connectivity index (χ0n) is 15.2. The van der Waals surface area contributed by atoms with Gasteiger partial charge in [0, 0.05) is 28.8 Å². The number of thioether (sulfide) groups is 1. The first-order valence-corrected chi connectivity index (χ1v) is 10.4. The van der Waals surface area contributed by atoms with E-state index in [4.69, 9.17) is 0 Å². The number of carbonyl (C=O) groups is 1. The third-order valence-electron chi connectivity index (χ3n) is 5.55. The smallest absolute Gasteiger partial charge is 0.272 e. The van der Waals surface area contributed by atoms with Gasteiger partial charge in [-0.3, -0.25) is 9.48 Å². The molecule has 4 nitrogen and oxygen atoms in total. The Hall–Kier alpha value is -2.53. The molecule has 1 unspecified atom stereocenters. The average Bonchev–Trinajstić information content (AvgIpc) is 3.05. The molecule has 2 aliphatic rings. The number of nitrogens with one attached hydrogen (secondary N) is 1. The predicted octanol–water partition coefficient (Wildman–Crippen LogP) is 4.50. The van der Waals surface area contributed by atoms with Crippen molar-refractivity contribution in [2.24, 2.45) is 7.05 Å². The van der Waals surface area contributed by atoms with Gasteiger partial charge in [0.05, 0.1) is 11.7 Å². The molecule has 1 aromatic heterocycles. The summed E-state index contributed by atoms with van der Waals surface area (Å²) in [4.78, 5) is 14.4. The van der Waals surface area contributed by atoms with E-state index in [1.54, 1.807) is 11.8 Å². The van der Waals surface area contributed by atoms with Crippen molar-refractivity contribution in [3.8, 4) is 11.3 Å². The van der Waals surface area contributed by atoms with Gasteiger partial charge in [0.2, 0.25) is 0 Å². The number of hydrogen-bond acceptors (Lipinski definition) is 3. The first-order valence-electron chi connectivity index (χ1n) is 9.39. The Balaban J connectivity index is 1.48. The molecule has 0 saturated heterocycles. The zero-order valence-corrected chi connectivity index (χ0v) is 16.1. The second-order valence-corrected chi connectivity index (χ2v) is 8.22. The Morgan fingerprint density at radius 1 is 1.19 bits per heavy atom. The Morgan fingerprint density at radius 2 is 2.00 bits per heavy atom. The topological polar surface area (TPSA) is 46.9 Å². The number of rotatable bonds is 2. The fraction of sp³-hybridized carbons (Fsp3) is 0.273. The van der Waals surface area contributed by atoms with Gasteiger partial charge in [0.1, 0.15) is 0 Å². The fourth-order valence-electron chi connectivity index (χ4n) is 4.29. The van der Waals surface area contributed by atoms with Gasteiger partial charge in [-0.2, -0.15) is 5.10 Å². The Morgan fingerprint density at radius 3 is 2.93 bits per heavy atom. The van der Waals surface area contributed by atoms with E-state index in [-0.39, 0.29) is 11.9 Å². The lowest BCUT2D eigenvalue weighted by atomic mass is 9.87. The van der Waals surface area contributed by atoms with Gasteiger partial charge in [-0.15, -0.1) is 11.8 Å². The Bertz CT molecular complexity index is 1040. The van der Waals surface area contributed by atoms with Crippen molar-refractivity contribution < 1.29 is 4.79 Å². The maximum absolute atomic E-state index is 13.1. The molecule has 0 saturated carbocycles. The first kappa shape index (κ1) is 16.6. The zero-order chi connectivity index (χ0) is 18.4. The average molecular weight is 375 g/mol. The van der Waals surface area contributed by atoms with Crippen LogP contribution in [0.5, 0.6) is 0 Å². The van der Waals surface area contributed by atoms with Crippen molar-refractivity contribution in [1.29, 1.82) is 0 Å². The minimum absolute atomic E-state index is 0.0615. The largest absolute Gasteiger partial charge is 0.344 e. The monoisotopic (exact) mass is 375 g/mol. The lowest BCUT2D eigenvalue weighted by Gasteiger charge is -2.26. The molecule has 2 aromatic carbocycles. The molecule has 5 heteroatoms. The maximum Gasteiger partial charge on any atom is 0.272 e. The molecule has 0 bridgehead atoms. The SMILES string of the molecule is Cn1nc(C(=O)NC2CCCc3ccccc32)c2c1-c1ccccc1SC2. The van der Waals surface area contributed by atoms with Crippen LogP contribution in [-0.4, -0.2) is 15.7 Å². The number of benzene rings is 2. The normalized spacial score (nSPS) is 17.6. The summed E-state index contributed by atoms with van der Waals surface area (Å²) in [6.45, 7) is 0. The molecule has 136 valence electrons. The van der Waals surface area contributed by atoms with Crippen molar-refractivity contribution in [1.82, 2.24) is 15.1 Å². The van der Waals surface area contributed by atoms with E-state index in [9.17, 15) is 4.79 Å². The molecule has 0 spiro atoms. The van der Waals surface area contributed by atoms with Crippen LogP contribution in [0.2, 0.25) is 0 Å². The molecule has 0 fully saturated rings. The summed E-state index contributed by atoms with van der Waals surface area (Å²) in [5, 5.41) is 7.86. The summed E-state index contributed by atoms with van der Waals surface area (Å²) in [5.74, 6) is 0.720. The van der Waals surface area contributed by atoms with Gasteiger partial charge in [-0.1, -0.05) is 42.5 Å². The summed E-state index contributed by atoms with van der Waals surface area (Å²) in [6, 6.07) is 16.9. The van der Waals surface area contributed by atoms with Crippen LogP contribution in [0.3, 0.4) is 0 Å². The second-order valence-electron chi connectivity index (χ2n) is 7.20. The minimum Gasteiger partial charge on any atom is -0.344 e. The highest BCUT2D eigenvalue weighted by atomic mass is 32.2. The maximum atomic E-state index is 13.1. The van der Waals surface area contributed by atoms with Crippen LogP contribution in [0.4, 0.5) is 0 Å². The molecule has 1 aliphatic heterocycles. The van der Waals surface area contributed by atoms with Crippen LogP contribution in [0, 0.1) is 0 Å². The highest BCUT2D eigenvalue weighted by Crippen LogP contribution is 2.42. The van der Waals surface area contributed by atoms with Crippen LogP contribution in [0.25, 0.3) is 11.3 Å². The first-order chi connectivity index (χ1) is 13.2. The molecule has 3 aromatic rings. The van der Waals surface area contributed by atoms with Crippen molar-refractivity contribution in [3.63, 3.8) is 0 Å². The van der Waals surface area contributed by atoms with Crippen molar-refractivity contribution in [3.05, 3.63) is 70.9 Å². The van der Waals surface area contributed by atoms with Gasteiger partial charge in [-0.25, -0.2) is 0 Å². The summed E-state index contributed by atoms with van der Waals surface area (Å²) >= 11 is 1.78. The molecule has 1 atom stereocenters. The number of amides is 1. The van der Waals surface area contributed by atoms with E-state index in [2.05, 4.69) is 52.9 Å². The Labute approximate surface area is 163 Å². The Kier molecular flexibility index (Phi) is 4.05. The van der Waals surface area contributed by atoms with Crippen molar-refractivity contribution in [2.75, 3.05) is 0 Å². The molecule has 1 N–H and O–H groups in total. The van der Waals surface area contributed by atoms with Gasteiger partial charge in [0.15, 0.2) is 5.69 Å². The van der Waals surface area contributed by atoms with Crippen LogP contribution < -0.4 is 5.32 Å². The molecular formula is C22H21N3OS. The quantitative estimate of drug-likeness (QED) is 0.717. The van der Waals surface area contributed by atoms with Gasteiger partial charge in [0.25, 0.3) is 5.91 Å². The van der Waals surface area contributed by atoms with Gasteiger partial charge < -0.3 is 5.32 Å². The molecule has 1 aliphatic carbocycles. The fourth-order valence-corrected chi connectivity index (χ4v) is 5.36. The van der Waals surface area contributed by atoms with Crippen LogP contribution in [0.15, 0.2) is 53.4 Å². The molecule has 1 amide bonds. The molecule has 2 heterocycles. The summed E-state index contributed by atoms with van der Waals surface area (Å²) in [6.07, 6.45) is 3.18. The van der Waals surface area contributed by atoms with E-state index in [1.807, 2.05) is 17.8 Å². The highest BCUT2D eigenvalue weighted by Gasteiger charge is 2.29. The lowest BCUT2D eigenvalue weighted by Crippen LogP contribution is -2.31. The number of fused-ring (bicyclic) bond motifs is 4. The van der Waals surface area contributed by atoms with Crippen LogP contribution in [0.1, 0.15) is 46.1 Å². The standard InChI is InChI=1S/C22H21N3OS/c1-25-21-16-10-4-5-12-19(16)27-13-17(21)20(24-25)22(26)23-18-11-6-8-14-7-2-3-9-15(14)18/h2-5,7,9-10,12,18H,6,8,11,13H2,1H3,(H,23,26). The number of carbonyl (C=O) groups excluding carboxylic acids is 1. The number of nitrogens with zero attached hydrogens (tertiary/aromatic N) is 2. The van der Waals surface area contributed by atoms with Gasteiger partial charge >= 0.3 is 0 Å². The second kappa shape index (κ2) is 6.57. The van der Waals surface area contributed by atoms with E-state index in [0.717, 1.165) is 36.3 Å². The van der Waals surface area contributed by atoms with Gasteiger partial charge in [-0.05, 0) is 36.5 Å². The summed E-state index contributed by atoms with van der Waals surface area (Å²) in [5.41, 5.74) is 6.45. The van der Waals surface area contributed by atoms with E-state index < -0.39 is 0 Å². The number of hydrogen-bond donors (Lipinski definition) is 1. The van der Waals surface area contributed by atoms with Crippen LogP contribution >= 0.6 is 11.8 Å². The number of aromatic nitrogens is 2. The molecule has 27 heavy (non-hydrogen) atoms. The van der Waals surface area contributed by atoms with E-state index >= 15 is 0 Å². The molecular weight excluding hydrogens is 354 g/mol.